The Balaban J connectivity index is 1.73. The molecule has 1 fully saturated rings. The zero-order chi connectivity index (χ0) is 14.2. The van der Waals surface area contributed by atoms with E-state index in [1.807, 2.05) is 13.1 Å². The molecule has 0 amide bonds. The fourth-order valence-electron chi connectivity index (χ4n) is 2.93. The topological polar surface area (TPSA) is 24.5 Å². The number of likely N-dealkylation sites (tertiary alicyclic amines) is 1. The van der Waals surface area contributed by atoms with Gasteiger partial charge < -0.3 is 10.1 Å². The second-order valence-electron chi connectivity index (χ2n) is 5.74. The second kappa shape index (κ2) is 8.28. The monoisotopic (exact) mass is 276 g/mol. The molecule has 3 nitrogen and oxygen atoms in total. The lowest BCUT2D eigenvalue weighted by molar-refractivity contribution is 0.145. The van der Waals surface area contributed by atoms with E-state index in [1.54, 1.807) is 0 Å². The molecule has 0 saturated carbocycles. The van der Waals surface area contributed by atoms with Crippen molar-refractivity contribution < 1.29 is 4.74 Å². The van der Waals surface area contributed by atoms with E-state index < -0.39 is 0 Å². The lowest BCUT2D eigenvalue weighted by Crippen LogP contribution is -2.37. The predicted octanol–water partition coefficient (Wildman–Crippen LogP) is 2.91. The van der Waals surface area contributed by atoms with Crippen molar-refractivity contribution in [1.82, 2.24) is 10.2 Å². The Hall–Kier alpha value is -1.06. The number of piperidine rings is 1. The molecule has 1 saturated heterocycles. The Kier molecular flexibility index (Phi) is 6.34. The minimum Gasteiger partial charge on any atom is -0.492 e. The fraction of sp³-hybridized carbons (Fsp3) is 0.647. The number of benzene rings is 1. The lowest BCUT2D eigenvalue weighted by atomic mass is 9.96. The van der Waals surface area contributed by atoms with Crippen LogP contribution in [0.25, 0.3) is 0 Å². The molecule has 0 aliphatic carbocycles. The van der Waals surface area contributed by atoms with Crippen LogP contribution in [-0.2, 0) is 6.54 Å². The maximum atomic E-state index is 5.90. The van der Waals surface area contributed by atoms with E-state index >= 15 is 0 Å². The van der Waals surface area contributed by atoms with Gasteiger partial charge in [0.1, 0.15) is 12.4 Å². The van der Waals surface area contributed by atoms with Gasteiger partial charge in [-0.25, -0.2) is 0 Å². The summed E-state index contributed by atoms with van der Waals surface area (Å²) >= 11 is 0. The van der Waals surface area contributed by atoms with Gasteiger partial charge in [-0.2, -0.15) is 0 Å². The fourth-order valence-corrected chi connectivity index (χ4v) is 2.93. The van der Waals surface area contributed by atoms with E-state index in [0.717, 1.165) is 31.4 Å². The zero-order valence-electron chi connectivity index (χ0n) is 12.9. The van der Waals surface area contributed by atoms with E-state index in [-0.39, 0.29) is 0 Å². The van der Waals surface area contributed by atoms with Crippen LogP contribution in [-0.4, -0.2) is 38.2 Å². The van der Waals surface area contributed by atoms with Crippen LogP contribution in [0.4, 0.5) is 0 Å². The average molecular weight is 276 g/mol. The number of hydrogen-bond donors (Lipinski definition) is 1. The van der Waals surface area contributed by atoms with Crippen LogP contribution in [0.3, 0.4) is 0 Å². The molecular weight excluding hydrogens is 248 g/mol. The molecule has 1 aliphatic heterocycles. The largest absolute Gasteiger partial charge is 0.492 e. The van der Waals surface area contributed by atoms with Crippen molar-refractivity contribution in [2.45, 2.75) is 32.7 Å². The van der Waals surface area contributed by atoms with Crippen molar-refractivity contribution in [2.24, 2.45) is 5.92 Å². The van der Waals surface area contributed by atoms with Gasteiger partial charge in [0.25, 0.3) is 0 Å². The Morgan fingerprint density at radius 3 is 3.10 bits per heavy atom. The Bertz CT molecular complexity index is 394. The number of nitrogens with zero attached hydrogens (tertiary/aromatic N) is 1. The van der Waals surface area contributed by atoms with Gasteiger partial charge in [-0.05, 0) is 50.0 Å². The minimum atomic E-state index is 0.791. The summed E-state index contributed by atoms with van der Waals surface area (Å²) in [7, 11) is 1.97. The number of rotatable bonds is 7. The summed E-state index contributed by atoms with van der Waals surface area (Å²) in [5, 5.41) is 3.17. The van der Waals surface area contributed by atoms with Gasteiger partial charge in [-0.1, -0.05) is 25.5 Å². The molecule has 0 radical (unpaired) electrons. The smallest absolute Gasteiger partial charge is 0.119 e. The minimum absolute atomic E-state index is 0.791. The van der Waals surface area contributed by atoms with Crippen LogP contribution in [0.2, 0.25) is 0 Å². The van der Waals surface area contributed by atoms with Crippen LogP contribution >= 0.6 is 0 Å². The van der Waals surface area contributed by atoms with Gasteiger partial charge in [-0.15, -0.1) is 0 Å². The standard InChI is InChI=1S/C17H28N2O/c1-3-15-7-5-9-19(14-15)10-11-20-17-8-4-6-16(12-17)13-18-2/h4,6,8,12,15,18H,3,5,7,9-11,13-14H2,1-2H3. The molecule has 1 heterocycles. The summed E-state index contributed by atoms with van der Waals surface area (Å²) in [6.45, 7) is 7.52. The highest BCUT2D eigenvalue weighted by Gasteiger charge is 2.17. The molecule has 1 aromatic rings. The quantitative estimate of drug-likeness (QED) is 0.829. The Labute approximate surface area is 123 Å². The molecule has 112 valence electrons. The van der Waals surface area contributed by atoms with Gasteiger partial charge >= 0.3 is 0 Å². The van der Waals surface area contributed by atoms with Crippen molar-refractivity contribution in [3.63, 3.8) is 0 Å². The number of hydrogen-bond acceptors (Lipinski definition) is 3. The number of nitrogens with one attached hydrogen (secondary N) is 1. The highest BCUT2D eigenvalue weighted by atomic mass is 16.5. The predicted molar refractivity (Wildman–Crippen MR) is 84.2 cm³/mol. The van der Waals surface area contributed by atoms with Gasteiger partial charge in [0, 0.05) is 19.6 Å². The summed E-state index contributed by atoms with van der Waals surface area (Å²) in [5.74, 6) is 1.88. The highest BCUT2D eigenvalue weighted by molar-refractivity contribution is 5.28. The van der Waals surface area contributed by atoms with Gasteiger partial charge in [0.2, 0.25) is 0 Å². The van der Waals surface area contributed by atoms with Crippen molar-refractivity contribution in [2.75, 3.05) is 33.3 Å². The van der Waals surface area contributed by atoms with Crippen molar-refractivity contribution in [3.05, 3.63) is 29.8 Å². The molecule has 1 atom stereocenters. The Morgan fingerprint density at radius 1 is 1.40 bits per heavy atom. The first-order valence-corrected chi connectivity index (χ1v) is 7.90. The molecule has 20 heavy (non-hydrogen) atoms. The van der Waals surface area contributed by atoms with Crippen LogP contribution in [0.5, 0.6) is 5.75 Å². The maximum Gasteiger partial charge on any atom is 0.119 e. The van der Waals surface area contributed by atoms with Crippen LogP contribution < -0.4 is 10.1 Å². The van der Waals surface area contributed by atoms with E-state index in [2.05, 4.69) is 35.3 Å². The molecule has 1 aliphatic rings. The first-order chi connectivity index (χ1) is 9.81. The second-order valence-corrected chi connectivity index (χ2v) is 5.74. The summed E-state index contributed by atoms with van der Waals surface area (Å²) in [4.78, 5) is 2.55. The normalized spacial score (nSPS) is 20.0. The molecular formula is C17H28N2O. The number of ether oxygens (including phenoxy) is 1. The summed E-state index contributed by atoms with van der Waals surface area (Å²) in [6.07, 6.45) is 4.06. The molecule has 0 spiro atoms. The summed E-state index contributed by atoms with van der Waals surface area (Å²) < 4.78 is 5.90. The highest BCUT2D eigenvalue weighted by Crippen LogP contribution is 2.19. The van der Waals surface area contributed by atoms with Gasteiger partial charge in [0.15, 0.2) is 0 Å². The van der Waals surface area contributed by atoms with Crippen molar-refractivity contribution in [1.29, 1.82) is 0 Å². The van der Waals surface area contributed by atoms with Crippen LogP contribution in [0.1, 0.15) is 31.7 Å². The summed E-state index contributed by atoms with van der Waals surface area (Å²) in [6, 6.07) is 8.36. The molecule has 0 aromatic heterocycles. The van der Waals surface area contributed by atoms with E-state index in [9.17, 15) is 0 Å². The van der Waals surface area contributed by atoms with Gasteiger partial charge in [-0.3, -0.25) is 4.90 Å². The average Bonchev–Trinajstić information content (AvgIpc) is 2.48. The van der Waals surface area contributed by atoms with Crippen molar-refractivity contribution in [3.8, 4) is 5.75 Å². The van der Waals surface area contributed by atoms with E-state index in [4.69, 9.17) is 4.74 Å². The SMILES string of the molecule is CCC1CCCN(CCOc2cccc(CNC)c2)C1. The maximum absolute atomic E-state index is 5.90. The third kappa shape index (κ3) is 4.80. The lowest BCUT2D eigenvalue weighted by Gasteiger charge is -2.32. The molecule has 0 bridgehead atoms. The summed E-state index contributed by atoms with van der Waals surface area (Å²) in [5.41, 5.74) is 1.27. The molecule has 3 heteroatoms. The van der Waals surface area contributed by atoms with Crippen molar-refractivity contribution >= 4 is 0 Å². The molecule has 1 aromatic carbocycles. The van der Waals surface area contributed by atoms with Crippen LogP contribution in [0, 0.1) is 5.92 Å². The van der Waals surface area contributed by atoms with Gasteiger partial charge in [0.05, 0.1) is 0 Å². The third-order valence-corrected chi connectivity index (χ3v) is 4.14. The molecule has 1 unspecified atom stereocenters. The Morgan fingerprint density at radius 2 is 2.30 bits per heavy atom. The first kappa shape index (κ1) is 15.3. The first-order valence-electron chi connectivity index (χ1n) is 7.90. The third-order valence-electron chi connectivity index (χ3n) is 4.14. The molecule has 2 rings (SSSR count). The molecule has 1 N–H and O–H groups in total. The zero-order valence-corrected chi connectivity index (χ0v) is 12.9. The van der Waals surface area contributed by atoms with Crippen LogP contribution in [0.15, 0.2) is 24.3 Å². The van der Waals surface area contributed by atoms with E-state index in [0.29, 0.717) is 0 Å². The van der Waals surface area contributed by atoms with E-state index in [1.165, 1.54) is 37.9 Å².